The number of amides is 1. The van der Waals surface area contributed by atoms with E-state index in [2.05, 4.69) is 15.0 Å². The zero-order chi connectivity index (χ0) is 24.7. The van der Waals surface area contributed by atoms with Gasteiger partial charge in [-0.05, 0) is 45.0 Å². The number of sulfonamides is 1. The van der Waals surface area contributed by atoms with E-state index in [-0.39, 0.29) is 32.9 Å². The summed E-state index contributed by atoms with van der Waals surface area (Å²) >= 11 is 0. The Balaban J connectivity index is 2.01. The molecule has 3 rings (SSSR count). The lowest BCUT2D eigenvalue weighted by Gasteiger charge is -2.21. The third kappa shape index (κ3) is 4.81. The van der Waals surface area contributed by atoms with Crippen LogP contribution in [0.2, 0.25) is 0 Å². The Morgan fingerprint density at radius 3 is 2.36 bits per heavy atom. The minimum absolute atomic E-state index is 0.0542. The molecule has 0 bridgehead atoms. The van der Waals surface area contributed by atoms with E-state index in [0.717, 1.165) is 4.57 Å². The number of benzene rings is 1. The highest BCUT2D eigenvalue weighted by Gasteiger charge is 2.26. The summed E-state index contributed by atoms with van der Waals surface area (Å²) in [6, 6.07) is 5.42. The van der Waals surface area contributed by atoms with Gasteiger partial charge in [0.25, 0.3) is 11.5 Å². The molecule has 11 nitrogen and oxygen atoms in total. The number of carbonyl (C=O) groups excluding carboxylic acids is 1. The second-order valence-electron chi connectivity index (χ2n) is 8.48. The second-order valence-corrected chi connectivity index (χ2v) is 10.1. The first-order chi connectivity index (χ1) is 15.2. The van der Waals surface area contributed by atoms with Crippen LogP contribution < -0.4 is 26.0 Å². The molecule has 0 atom stereocenters. The highest BCUT2D eigenvalue weighted by Crippen LogP contribution is 2.26. The van der Waals surface area contributed by atoms with Crippen molar-refractivity contribution in [3.8, 4) is 5.75 Å². The van der Waals surface area contributed by atoms with Crippen molar-refractivity contribution in [2.75, 3.05) is 12.4 Å². The van der Waals surface area contributed by atoms with Gasteiger partial charge >= 0.3 is 5.69 Å². The Morgan fingerprint density at radius 2 is 1.76 bits per heavy atom. The van der Waals surface area contributed by atoms with E-state index in [1.807, 2.05) is 0 Å². The zero-order valence-electron chi connectivity index (χ0n) is 19.1. The van der Waals surface area contributed by atoms with Gasteiger partial charge in [-0.25, -0.2) is 22.9 Å². The number of nitrogens with one attached hydrogen (secondary N) is 2. The van der Waals surface area contributed by atoms with Gasteiger partial charge in [0.1, 0.15) is 16.3 Å². The van der Waals surface area contributed by atoms with Crippen LogP contribution in [0.1, 0.15) is 31.1 Å². The van der Waals surface area contributed by atoms with E-state index in [1.54, 1.807) is 20.8 Å². The number of pyridine rings is 1. The first kappa shape index (κ1) is 24.1. The number of fused-ring (bicyclic) bond motifs is 1. The number of nitrogens with zero attached hydrogens (tertiary/aromatic N) is 3. The fourth-order valence-electron chi connectivity index (χ4n) is 3.22. The van der Waals surface area contributed by atoms with Gasteiger partial charge in [-0.15, -0.1) is 0 Å². The van der Waals surface area contributed by atoms with Crippen LogP contribution >= 0.6 is 0 Å². The Hall–Kier alpha value is -3.51. The Kier molecular flexibility index (Phi) is 6.18. The summed E-state index contributed by atoms with van der Waals surface area (Å²) in [6.07, 6.45) is 1.31. The van der Waals surface area contributed by atoms with Gasteiger partial charge in [0.2, 0.25) is 10.0 Å². The molecular weight excluding hydrogens is 450 g/mol. The Bertz CT molecular complexity index is 1480. The molecule has 3 aromatic rings. The summed E-state index contributed by atoms with van der Waals surface area (Å²) in [7, 11) is 0.186. The summed E-state index contributed by atoms with van der Waals surface area (Å²) in [5.41, 5.74) is -1.39. The minimum Gasteiger partial charge on any atom is -0.495 e. The normalized spacial score (nSPS) is 12.1. The largest absolute Gasteiger partial charge is 0.495 e. The molecule has 2 aromatic heterocycles. The van der Waals surface area contributed by atoms with Crippen molar-refractivity contribution in [2.24, 2.45) is 14.1 Å². The molecule has 2 heterocycles. The van der Waals surface area contributed by atoms with Crippen LogP contribution in [0, 0.1) is 0 Å². The van der Waals surface area contributed by atoms with Crippen LogP contribution in [0.25, 0.3) is 11.0 Å². The molecular formula is C21H25N5O6S. The van der Waals surface area contributed by atoms with Crippen LogP contribution in [0.3, 0.4) is 0 Å². The quantitative estimate of drug-likeness (QED) is 0.560. The van der Waals surface area contributed by atoms with Gasteiger partial charge in [0.05, 0.1) is 24.4 Å². The van der Waals surface area contributed by atoms with E-state index in [0.29, 0.717) is 0 Å². The predicted octanol–water partition coefficient (Wildman–Crippen LogP) is 0.970. The number of hydrogen-bond donors (Lipinski definition) is 2. The lowest BCUT2D eigenvalue weighted by molar-refractivity contribution is 0.102. The number of methoxy groups -OCH3 is 1. The molecule has 0 saturated heterocycles. The predicted molar refractivity (Wildman–Crippen MR) is 123 cm³/mol. The van der Waals surface area contributed by atoms with E-state index in [1.165, 1.54) is 56.2 Å². The molecule has 0 saturated carbocycles. The van der Waals surface area contributed by atoms with E-state index in [4.69, 9.17) is 4.74 Å². The van der Waals surface area contributed by atoms with Gasteiger partial charge in [-0.2, -0.15) is 0 Å². The zero-order valence-corrected chi connectivity index (χ0v) is 19.9. The van der Waals surface area contributed by atoms with Gasteiger partial charge in [-0.1, -0.05) is 0 Å². The van der Waals surface area contributed by atoms with Gasteiger partial charge in [0.15, 0.2) is 0 Å². The average molecular weight is 476 g/mol. The van der Waals surface area contributed by atoms with Crippen molar-refractivity contribution in [2.45, 2.75) is 31.2 Å². The molecule has 0 fully saturated rings. The van der Waals surface area contributed by atoms with Crippen molar-refractivity contribution in [1.82, 2.24) is 18.8 Å². The minimum atomic E-state index is -3.98. The lowest BCUT2D eigenvalue weighted by atomic mass is 10.1. The van der Waals surface area contributed by atoms with Crippen LogP contribution in [-0.4, -0.2) is 41.1 Å². The molecule has 0 radical (unpaired) electrons. The topological polar surface area (TPSA) is 141 Å². The summed E-state index contributed by atoms with van der Waals surface area (Å²) in [5.74, 6) is -0.534. The van der Waals surface area contributed by atoms with Crippen molar-refractivity contribution in [1.29, 1.82) is 0 Å². The van der Waals surface area contributed by atoms with Crippen molar-refractivity contribution in [3.63, 3.8) is 0 Å². The average Bonchev–Trinajstić information content (AvgIpc) is 2.74. The molecule has 33 heavy (non-hydrogen) atoms. The maximum Gasteiger partial charge on any atom is 0.332 e. The summed E-state index contributed by atoms with van der Waals surface area (Å²) in [5, 5.41) is 2.75. The second kappa shape index (κ2) is 8.45. The molecule has 1 amide bonds. The molecule has 0 aliphatic heterocycles. The molecule has 0 aliphatic rings. The fraction of sp³-hybridized carbons (Fsp3) is 0.333. The molecule has 0 spiro atoms. The number of aryl methyl sites for hydroxylation is 1. The molecule has 2 N–H and O–H groups in total. The van der Waals surface area contributed by atoms with Crippen LogP contribution in [0.5, 0.6) is 5.75 Å². The number of ether oxygens (including phenoxy) is 1. The molecule has 176 valence electrons. The maximum atomic E-state index is 12.9. The number of rotatable bonds is 5. The first-order valence-corrected chi connectivity index (χ1v) is 11.3. The Labute approximate surface area is 190 Å². The van der Waals surface area contributed by atoms with E-state index < -0.39 is 32.7 Å². The lowest BCUT2D eigenvalue weighted by Crippen LogP contribution is -2.40. The van der Waals surface area contributed by atoms with Crippen molar-refractivity contribution < 1.29 is 17.9 Å². The Morgan fingerprint density at radius 1 is 1.09 bits per heavy atom. The summed E-state index contributed by atoms with van der Waals surface area (Å²) in [4.78, 5) is 41.3. The van der Waals surface area contributed by atoms with Crippen molar-refractivity contribution >= 4 is 32.7 Å². The number of aromatic nitrogens is 3. The van der Waals surface area contributed by atoms with Crippen molar-refractivity contribution in [3.05, 3.63) is 56.9 Å². The highest BCUT2D eigenvalue weighted by atomic mass is 32.2. The highest BCUT2D eigenvalue weighted by molar-refractivity contribution is 7.89. The van der Waals surface area contributed by atoms with E-state index in [9.17, 15) is 22.8 Å². The SMILES string of the molecule is COc1ccc(C(=O)Nc2cnc3c(c2)c(=O)n(C)c(=O)n3C)cc1S(=O)(=O)NC(C)(C)C. The van der Waals surface area contributed by atoms with Crippen LogP contribution in [0.15, 0.2) is 44.9 Å². The summed E-state index contributed by atoms with van der Waals surface area (Å²) < 4.78 is 35.5. The number of carbonyl (C=O) groups is 1. The third-order valence-electron chi connectivity index (χ3n) is 4.71. The molecule has 12 heteroatoms. The molecule has 1 aromatic carbocycles. The van der Waals surface area contributed by atoms with Gasteiger partial charge < -0.3 is 10.1 Å². The van der Waals surface area contributed by atoms with Gasteiger partial charge in [-0.3, -0.25) is 18.7 Å². The number of anilines is 1. The third-order valence-corrected chi connectivity index (χ3v) is 6.49. The molecule has 0 unspecified atom stereocenters. The fourth-order valence-corrected chi connectivity index (χ4v) is 4.84. The van der Waals surface area contributed by atoms with Gasteiger partial charge in [0, 0.05) is 25.2 Å². The maximum absolute atomic E-state index is 12.9. The smallest absolute Gasteiger partial charge is 0.332 e. The molecule has 0 aliphatic carbocycles. The standard InChI is InChI=1S/C21H25N5O6S/c1-21(2,3)24-33(30,31)16-9-12(7-8-15(16)32-6)18(27)23-13-10-14-17(22-11-13)25(4)20(29)26(5)19(14)28/h7-11,24H,1-6H3,(H,23,27). The number of hydrogen-bond acceptors (Lipinski definition) is 7. The first-order valence-electron chi connectivity index (χ1n) is 9.84. The summed E-state index contributed by atoms with van der Waals surface area (Å²) in [6.45, 7) is 5.08. The van der Waals surface area contributed by atoms with Crippen LogP contribution in [-0.2, 0) is 24.1 Å². The van der Waals surface area contributed by atoms with Crippen LogP contribution in [0.4, 0.5) is 5.69 Å². The monoisotopic (exact) mass is 475 g/mol. The van der Waals surface area contributed by atoms with E-state index >= 15 is 0 Å².